The Morgan fingerprint density at radius 3 is 2.66 bits per heavy atom. The number of aryl methyl sites for hydroxylation is 1. The SMILES string of the molecule is Cc1cc(Oc2ccccc2)nc2cc(-c3nn(C4CCC4)c4ncnc(N)c34)ccc12. The fourth-order valence-corrected chi connectivity index (χ4v) is 4.26. The lowest BCUT2D eigenvalue weighted by Crippen LogP contribution is -2.18. The van der Waals surface area contributed by atoms with Crippen molar-refractivity contribution in [3.05, 3.63) is 66.5 Å². The number of pyridine rings is 1. The van der Waals surface area contributed by atoms with E-state index in [1.54, 1.807) is 0 Å². The summed E-state index contributed by atoms with van der Waals surface area (Å²) in [7, 11) is 0. The summed E-state index contributed by atoms with van der Waals surface area (Å²) in [5, 5.41) is 6.81. The summed E-state index contributed by atoms with van der Waals surface area (Å²) in [4.78, 5) is 13.5. The molecule has 32 heavy (non-hydrogen) atoms. The van der Waals surface area contributed by atoms with E-state index in [0.717, 1.165) is 57.3 Å². The lowest BCUT2D eigenvalue weighted by atomic mass is 9.93. The molecule has 2 aromatic carbocycles. The summed E-state index contributed by atoms with van der Waals surface area (Å²) in [6.45, 7) is 2.06. The predicted molar refractivity (Wildman–Crippen MR) is 125 cm³/mol. The van der Waals surface area contributed by atoms with Gasteiger partial charge in [-0.3, -0.25) is 0 Å². The molecule has 3 aromatic heterocycles. The Morgan fingerprint density at radius 1 is 1.03 bits per heavy atom. The van der Waals surface area contributed by atoms with Gasteiger partial charge in [-0.2, -0.15) is 5.10 Å². The number of hydrogen-bond acceptors (Lipinski definition) is 6. The third-order valence-electron chi connectivity index (χ3n) is 6.17. The van der Waals surface area contributed by atoms with Crippen LogP contribution in [0.5, 0.6) is 11.6 Å². The number of para-hydroxylation sites is 1. The van der Waals surface area contributed by atoms with Crippen LogP contribution in [-0.2, 0) is 0 Å². The van der Waals surface area contributed by atoms with Crippen LogP contribution in [0.1, 0.15) is 30.9 Å². The number of ether oxygens (including phenoxy) is 1. The standard InChI is InChI=1S/C25H22N6O/c1-15-12-21(32-18-8-3-2-4-9-18)29-20-13-16(10-11-19(15)20)23-22-24(26)27-14-28-25(22)31(30-23)17-6-5-7-17/h2-4,8-14,17H,5-7H2,1H3,(H2,26,27,28). The third-order valence-corrected chi connectivity index (χ3v) is 6.17. The zero-order valence-corrected chi connectivity index (χ0v) is 17.7. The maximum absolute atomic E-state index is 6.27. The number of nitrogens with zero attached hydrogens (tertiary/aromatic N) is 5. The third kappa shape index (κ3) is 3.05. The highest BCUT2D eigenvalue weighted by Gasteiger charge is 2.26. The number of rotatable bonds is 4. The largest absolute Gasteiger partial charge is 0.439 e. The first-order chi connectivity index (χ1) is 15.7. The number of benzene rings is 2. The van der Waals surface area contributed by atoms with Gasteiger partial charge in [-0.1, -0.05) is 30.3 Å². The van der Waals surface area contributed by atoms with Gasteiger partial charge in [0.1, 0.15) is 23.6 Å². The molecular weight excluding hydrogens is 400 g/mol. The molecule has 0 atom stereocenters. The molecule has 0 spiro atoms. The van der Waals surface area contributed by atoms with Crippen molar-refractivity contribution in [2.24, 2.45) is 0 Å². The van der Waals surface area contributed by atoms with Gasteiger partial charge >= 0.3 is 0 Å². The van der Waals surface area contributed by atoms with Gasteiger partial charge in [0.2, 0.25) is 5.88 Å². The molecule has 2 N–H and O–H groups in total. The topological polar surface area (TPSA) is 91.7 Å². The number of fused-ring (bicyclic) bond motifs is 2. The van der Waals surface area contributed by atoms with Crippen molar-refractivity contribution in [3.8, 4) is 22.9 Å². The molecule has 0 unspecified atom stereocenters. The first kappa shape index (κ1) is 18.7. The summed E-state index contributed by atoms with van der Waals surface area (Å²) >= 11 is 0. The molecule has 0 radical (unpaired) electrons. The molecule has 158 valence electrons. The van der Waals surface area contributed by atoms with Crippen LogP contribution in [0.2, 0.25) is 0 Å². The zero-order valence-electron chi connectivity index (χ0n) is 17.7. The zero-order chi connectivity index (χ0) is 21.7. The van der Waals surface area contributed by atoms with Crippen molar-refractivity contribution in [2.75, 3.05) is 5.73 Å². The second-order valence-corrected chi connectivity index (χ2v) is 8.26. The number of anilines is 1. The Labute approximate surface area is 184 Å². The maximum atomic E-state index is 6.27. The van der Waals surface area contributed by atoms with Crippen LogP contribution in [-0.4, -0.2) is 24.7 Å². The van der Waals surface area contributed by atoms with Crippen molar-refractivity contribution in [1.82, 2.24) is 24.7 Å². The smallest absolute Gasteiger partial charge is 0.220 e. The summed E-state index contributed by atoms with van der Waals surface area (Å²) in [5.41, 5.74) is 10.7. The molecule has 0 aliphatic heterocycles. The molecule has 0 amide bonds. The van der Waals surface area contributed by atoms with E-state index in [4.69, 9.17) is 20.6 Å². The fourth-order valence-electron chi connectivity index (χ4n) is 4.26. The lowest BCUT2D eigenvalue weighted by Gasteiger charge is -2.25. The quantitative estimate of drug-likeness (QED) is 0.414. The van der Waals surface area contributed by atoms with E-state index in [9.17, 15) is 0 Å². The fraction of sp³-hybridized carbons (Fsp3) is 0.200. The Balaban J connectivity index is 1.49. The van der Waals surface area contributed by atoms with E-state index in [1.165, 1.54) is 12.7 Å². The van der Waals surface area contributed by atoms with Gasteiger partial charge < -0.3 is 10.5 Å². The van der Waals surface area contributed by atoms with Crippen LogP contribution in [0.4, 0.5) is 5.82 Å². The van der Waals surface area contributed by atoms with Crippen LogP contribution < -0.4 is 10.5 Å². The Bertz CT molecular complexity index is 1460. The number of nitrogens with two attached hydrogens (primary N) is 1. The van der Waals surface area contributed by atoms with Crippen molar-refractivity contribution in [3.63, 3.8) is 0 Å². The van der Waals surface area contributed by atoms with Crippen molar-refractivity contribution >= 4 is 27.8 Å². The molecule has 1 aliphatic rings. The van der Waals surface area contributed by atoms with E-state index in [1.807, 2.05) is 47.1 Å². The maximum Gasteiger partial charge on any atom is 0.220 e. The van der Waals surface area contributed by atoms with Gasteiger partial charge in [0, 0.05) is 17.0 Å². The van der Waals surface area contributed by atoms with E-state index in [2.05, 4.69) is 29.0 Å². The second-order valence-electron chi connectivity index (χ2n) is 8.26. The van der Waals surface area contributed by atoms with Crippen molar-refractivity contribution < 1.29 is 4.74 Å². The van der Waals surface area contributed by atoms with Gasteiger partial charge in [-0.15, -0.1) is 0 Å². The van der Waals surface area contributed by atoms with Crippen LogP contribution in [0.25, 0.3) is 33.2 Å². The number of hydrogen-bond donors (Lipinski definition) is 1. The average Bonchev–Trinajstić information content (AvgIpc) is 3.13. The van der Waals surface area contributed by atoms with Crippen molar-refractivity contribution in [2.45, 2.75) is 32.2 Å². The minimum Gasteiger partial charge on any atom is -0.439 e. The monoisotopic (exact) mass is 422 g/mol. The molecule has 3 heterocycles. The molecule has 7 heteroatoms. The Kier molecular flexibility index (Phi) is 4.28. The minimum atomic E-state index is 0.368. The van der Waals surface area contributed by atoms with E-state index in [-0.39, 0.29) is 0 Å². The summed E-state index contributed by atoms with van der Waals surface area (Å²) in [6.07, 6.45) is 4.94. The number of nitrogen functional groups attached to an aromatic ring is 1. The highest BCUT2D eigenvalue weighted by atomic mass is 16.5. The normalized spacial score (nSPS) is 14.0. The first-order valence-corrected chi connectivity index (χ1v) is 10.8. The molecule has 1 fully saturated rings. The number of aromatic nitrogens is 5. The predicted octanol–water partition coefficient (Wildman–Crippen LogP) is 5.45. The first-order valence-electron chi connectivity index (χ1n) is 10.8. The van der Waals surface area contributed by atoms with E-state index < -0.39 is 0 Å². The minimum absolute atomic E-state index is 0.368. The van der Waals surface area contributed by atoms with Crippen molar-refractivity contribution in [1.29, 1.82) is 0 Å². The second kappa shape index (κ2) is 7.30. The molecule has 1 saturated carbocycles. The average molecular weight is 422 g/mol. The molecule has 5 aromatic rings. The molecule has 7 nitrogen and oxygen atoms in total. The van der Waals surface area contributed by atoms with Crippen LogP contribution in [0, 0.1) is 6.92 Å². The van der Waals surface area contributed by atoms with Crippen LogP contribution >= 0.6 is 0 Å². The molecule has 0 saturated heterocycles. The Morgan fingerprint density at radius 2 is 1.88 bits per heavy atom. The summed E-state index contributed by atoms with van der Waals surface area (Å²) < 4.78 is 8.01. The molecule has 0 bridgehead atoms. The van der Waals surface area contributed by atoms with E-state index in [0.29, 0.717) is 17.7 Å². The van der Waals surface area contributed by atoms with Gasteiger partial charge in [-0.05, 0) is 49.9 Å². The van der Waals surface area contributed by atoms with E-state index >= 15 is 0 Å². The van der Waals surface area contributed by atoms with Gasteiger partial charge in [0.25, 0.3) is 0 Å². The molecular formula is C25H22N6O. The summed E-state index contributed by atoms with van der Waals surface area (Å²) in [5.74, 6) is 1.76. The highest BCUT2D eigenvalue weighted by molar-refractivity contribution is 6.00. The van der Waals surface area contributed by atoms with Gasteiger partial charge in [0.05, 0.1) is 16.9 Å². The molecule has 1 aliphatic carbocycles. The van der Waals surface area contributed by atoms with Gasteiger partial charge in [0.15, 0.2) is 5.65 Å². The van der Waals surface area contributed by atoms with Crippen LogP contribution in [0.15, 0.2) is 60.9 Å². The lowest BCUT2D eigenvalue weighted by molar-refractivity contribution is 0.296. The highest BCUT2D eigenvalue weighted by Crippen LogP contribution is 2.38. The van der Waals surface area contributed by atoms with Gasteiger partial charge in [-0.25, -0.2) is 19.6 Å². The Hall–Kier alpha value is -4.00. The summed E-state index contributed by atoms with van der Waals surface area (Å²) in [6, 6.07) is 18.2. The molecule has 6 rings (SSSR count). The van der Waals surface area contributed by atoms with Crippen LogP contribution in [0.3, 0.4) is 0 Å².